The van der Waals surface area contributed by atoms with Gasteiger partial charge in [0.1, 0.15) is 0 Å². The van der Waals surface area contributed by atoms with E-state index in [0.717, 1.165) is 38.5 Å². The third kappa shape index (κ3) is 5.17. The van der Waals surface area contributed by atoms with Crippen molar-refractivity contribution in [1.82, 2.24) is 0 Å². The van der Waals surface area contributed by atoms with Crippen molar-refractivity contribution >= 4 is 11.8 Å². The van der Waals surface area contributed by atoms with E-state index in [1.165, 1.54) is 0 Å². The normalized spacial score (nSPS) is 32.2. The molecule has 2 rings (SSSR count). The number of carbonyl (C=O) groups excluding carboxylic acids is 2. The summed E-state index contributed by atoms with van der Waals surface area (Å²) in [5.41, 5.74) is 0. The molecule has 2 saturated carbocycles. The van der Waals surface area contributed by atoms with E-state index >= 15 is 0 Å². The van der Waals surface area contributed by atoms with Crippen molar-refractivity contribution in [3.05, 3.63) is 12.2 Å². The zero-order chi connectivity index (χ0) is 17.5. The number of aliphatic hydroxyl groups is 1. The summed E-state index contributed by atoms with van der Waals surface area (Å²) in [5, 5.41) is 10.3. The van der Waals surface area contributed by atoms with Crippen LogP contribution < -0.4 is 0 Å². The van der Waals surface area contributed by atoms with Crippen molar-refractivity contribution < 1.29 is 19.4 Å². The van der Waals surface area contributed by atoms with E-state index in [4.69, 9.17) is 4.74 Å². The van der Waals surface area contributed by atoms with Crippen molar-refractivity contribution in [2.24, 2.45) is 23.7 Å². The Kier molecular flexibility index (Phi) is 7.47. The quantitative estimate of drug-likeness (QED) is 0.396. The molecule has 5 atom stereocenters. The monoisotopic (exact) mass is 336 g/mol. The summed E-state index contributed by atoms with van der Waals surface area (Å²) in [6.45, 7) is 4.39. The highest BCUT2D eigenvalue weighted by Gasteiger charge is 2.47. The van der Waals surface area contributed by atoms with Crippen LogP contribution in [0, 0.1) is 23.7 Å². The van der Waals surface area contributed by atoms with E-state index in [0.29, 0.717) is 37.2 Å². The van der Waals surface area contributed by atoms with E-state index in [2.05, 4.69) is 6.92 Å². The molecular weight excluding hydrogens is 304 g/mol. The van der Waals surface area contributed by atoms with E-state index < -0.39 is 0 Å². The number of ether oxygens (including phenoxy) is 1. The lowest BCUT2D eigenvalue weighted by Crippen LogP contribution is -2.18. The molecule has 136 valence electrons. The number of ketones is 1. The lowest BCUT2D eigenvalue weighted by atomic mass is 9.89. The highest BCUT2D eigenvalue weighted by Crippen LogP contribution is 2.51. The summed E-state index contributed by atoms with van der Waals surface area (Å²) in [6.07, 6.45) is 10.3. The molecule has 0 bridgehead atoms. The first-order chi connectivity index (χ1) is 11.5. The number of esters is 1. The van der Waals surface area contributed by atoms with Crippen LogP contribution in [-0.2, 0) is 14.3 Å². The highest BCUT2D eigenvalue weighted by molar-refractivity contribution is 5.89. The summed E-state index contributed by atoms with van der Waals surface area (Å²) >= 11 is 0. The zero-order valence-electron chi connectivity index (χ0n) is 15.1. The Hall–Kier alpha value is -1.16. The first kappa shape index (κ1) is 19.2. The van der Waals surface area contributed by atoms with E-state index in [1.807, 2.05) is 13.0 Å². The molecule has 2 fully saturated rings. The van der Waals surface area contributed by atoms with Crippen LogP contribution in [0.2, 0.25) is 0 Å². The largest absolute Gasteiger partial charge is 0.466 e. The molecule has 0 heterocycles. The lowest BCUT2D eigenvalue weighted by Gasteiger charge is -2.18. The molecule has 24 heavy (non-hydrogen) atoms. The standard InChI is InChI=1S/C20H32O4/c1-3-5-6-7-16(21)8-9-17-18-11-14(12-20(23)24-4-2)10-15(18)13-19(17)22/h8-9,14-15,17-19,22H,3-7,10-13H2,1-2H3/t14?,15-,17+,18+,19+/m0/s1. The fourth-order valence-corrected chi connectivity index (χ4v) is 4.52. The van der Waals surface area contributed by atoms with Crippen molar-refractivity contribution in [2.75, 3.05) is 6.61 Å². The molecule has 0 spiro atoms. The Morgan fingerprint density at radius 2 is 1.96 bits per heavy atom. The van der Waals surface area contributed by atoms with Crippen LogP contribution in [0.1, 0.15) is 65.2 Å². The van der Waals surface area contributed by atoms with Gasteiger partial charge in [-0.05, 0) is 56.4 Å². The first-order valence-electron chi connectivity index (χ1n) is 9.59. The first-order valence-corrected chi connectivity index (χ1v) is 9.59. The predicted molar refractivity (Wildman–Crippen MR) is 93.4 cm³/mol. The molecule has 0 aliphatic heterocycles. The number of carbonyl (C=O) groups is 2. The van der Waals surface area contributed by atoms with E-state index in [9.17, 15) is 14.7 Å². The van der Waals surface area contributed by atoms with Crippen LogP contribution in [0.4, 0.5) is 0 Å². The summed E-state index contributed by atoms with van der Waals surface area (Å²) in [5.74, 6) is 1.37. The molecule has 2 aliphatic carbocycles. The molecule has 2 aliphatic rings. The minimum atomic E-state index is -0.344. The number of aliphatic hydroxyl groups excluding tert-OH is 1. The van der Waals surface area contributed by atoms with Gasteiger partial charge < -0.3 is 9.84 Å². The van der Waals surface area contributed by atoms with Crippen LogP contribution in [0.15, 0.2) is 12.2 Å². The number of fused-ring (bicyclic) bond motifs is 1. The minimum Gasteiger partial charge on any atom is -0.466 e. The Balaban J connectivity index is 1.85. The third-order valence-corrected chi connectivity index (χ3v) is 5.62. The molecule has 4 nitrogen and oxygen atoms in total. The topological polar surface area (TPSA) is 63.6 Å². The molecule has 1 unspecified atom stereocenters. The van der Waals surface area contributed by atoms with E-state index in [-0.39, 0.29) is 23.8 Å². The fourth-order valence-electron chi connectivity index (χ4n) is 4.52. The fraction of sp³-hybridized carbons (Fsp3) is 0.800. The van der Waals surface area contributed by atoms with Crippen molar-refractivity contribution in [1.29, 1.82) is 0 Å². The zero-order valence-corrected chi connectivity index (χ0v) is 15.1. The van der Waals surface area contributed by atoms with Gasteiger partial charge in [0.2, 0.25) is 0 Å². The molecule has 0 aromatic carbocycles. The average molecular weight is 336 g/mol. The molecule has 4 heteroatoms. The van der Waals surface area contributed by atoms with Crippen LogP contribution in [-0.4, -0.2) is 29.6 Å². The highest BCUT2D eigenvalue weighted by atomic mass is 16.5. The van der Waals surface area contributed by atoms with E-state index in [1.54, 1.807) is 6.08 Å². The van der Waals surface area contributed by atoms with Gasteiger partial charge in [0, 0.05) is 18.8 Å². The maximum atomic E-state index is 11.9. The maximum absolute atomic E-state index is 11.9. The van der Waals surface area contributed by atoms with Gasteiger partial charge in [0.05, 0.1) is 12.7 Å². The number of hydrogen-bond donors (Lipinski definition) is 1. The molecular formula is C20H32O4. The number of hydrogen-bond acceptors (Lipinski definition) is 4. The summed E-state index contributed by atoms with van der Waals surface area (Å²) in [7, 11) is 0. The van der Waals surface area contributed by atoms with Crippen molar-refractivity contribution in [3.8, 4) is 0 Å². The summed E-state index contributed by atoms with van der Waals surface area (Å²) < 4.78 is 5.05. The molecule has 0 radical (unpaired) electrons. The number of allylic oxidation sites excluding steroid dienone is 1. The lowest BCUT2D eigenvalue weighted by molar-refractivity contribution is -0.144. The molecule has 0 aromatic heterocycles. The Bertz CT molecular complexity index is 457. The van der Waals surface area contributed by atoms with Crippen LogP contribution in [0.3, 0.4) is 0 Å². The van der Waals surface area contributed by atoms with Gasteiger partial charge in [0.15, 0.2) is 5.78 Å². The summed E-state index contributed by atoms with van der Waals surface area (Å²) in [4.78, 5) is 23.6. The van der Waals surface area contributed by atoms with Gasteiger partial charge >= 0.3 is 5.97 Å². The predicted octanol–water partition coefficient (Wildman–Crippen LogP) is 3.67. The van der Waals surface area contributed by atoms with Gasteiger partial charge in [-0.15, -0.1) is 0 Å². The number of unbranched alkanes of at least 4 members (excludes halogenated alkanes) is 2. The second-order valence-corrected chi connectivity index (χ2v) is 7.43. The Morgan fingerprint density at radius 1 is 1.17 bits per heavy atom. The van der Waals surface area contributed by atoms with Crippen LogP contribution in [0.5, 0.6) is 0 Å². The molecule has 0 saturated heterocycles. The molecule has 0 aromatic rings. The average Bonchev–Trinajstić information content (AvgIpc) is 3.02. The Labute approximate surface area is 145 Å². The van der Waals surface area contributed by atoms with Crippen molar-refractivity contribution in [3.63, 3.8) is 0 Å². The van der Waals surface area contributed by atoms with Crippen molar-refractivity contribution in [2.45, 2.75) is 71.3 Å². The SMILES string of the molecule is CCCCCC(=O)C=C[C@@H]1[C@@H]2CC(CC(=O)OCC)C[C@H]2C[C@H]1O. The Morgan fingerprint density at radius 3 is 2.67 bits per heavy atom. The van der Waals surface area contributed by atoms with Crippen LogP contribution in [0.25, 0.3) is 0 Å². The van der Waals surface area contributed by atoms with Gasteiger partial charge in [-0.1, -0.05) is 25.8 Å². The van der Waals surface area contributed by atoms with Gasteiger partial charge in [-0.25, -0.2) is 0 Å². The summed E-state index contributed by atoms with van der Waals surface area (Å²) in [6, 6.07) is 0. The number of rotatable bonds is 9. The second-order valence-electron chi connectivity index (χ2n) is 7.43. The minimum absolute atomic E-state index is 0.0670. The third-order valence-electron chi connectivity index (χ3n) is 5.62. The molecule has 0 amide bonds. The second kappa shape index (κ2) is 9.36. The smallest absolute Gasteiger partial charge is 0.306 e. The molecule has 1 N–H and O–H groups in total. The van der Waals surface area contributed by atoms with Crippen LogP contribution >= 0.6 is 0 Å². The van der Waals surface area contributed by atoms with Gasteiger partial charge in [-0.3, -0.25) is 9.59 Å². The van der Waals surface area contributed by atoms with Gasteiger partial charge in [0.25, 0.3) is 0 Å². The maximum Gasteiger partial charge on any atom is 0.306 e. The van der Waals surface area contributed by atoms with Gasteiger partial charge in [-0.2, -0.15) is 0 Å².